The molecule has 4 heteroatoms. The van der Waals surface area contributed by atoms with E-state index in [0.29, 0.717) is 6.61 Å². The van der Waals surface area contributed by atoms with Gasteiger partial charge in [0.2, 0.25) is 0 Å². The Morgan fingerprint density at radius 1 is 1.11 bits per heavy atom. The van der Waals surface area contributed by atoms with Crippen LogP contribution in [0.25, 0.3) is 0 Å². The second-order valence-electron chi connectivity index (χ2n) is 4.27. The average Bonchev–Trinajstić information content (AvgIpc) is 2.39. The smallest absolute Gasteiger partial charge is 0.124 e. The molecule has 0 N–H and O–H groups in total. The number of halogens is 3. The van der Waals surface area contributed by atoms with Crippen LogP contribution in [0, 0.1) is 12.7 Å². The molecule has 0 heterocycles. The molecule has 2 rings (SSSR count). The third-order valence-electron chi connectivity index (χ3n) is 2.76. The first kappa shape index (κ1) is 14.5. The molecule has 0 bridgehead atoms. The van der Waals surface area contributed by atoms with Crippen molar-refractivity contribution < 1.29 is 9.13 Å². The van der Waals surface area contributed by atoms with Crippen LogP contribution < -0.4 is 4.74 Å². The standard InChI is InChI=1S/C15H13Br2FO/c1-10-2-5-15(12(6-10)8-16)19-9-11-3-4-13(18)7-14(11)17/h2-7H,8-9H2,1H3. The summed E-state index contributed by atoms with van der Waals surface area (Å²) < 4.78 is 19.5. The van der Waals surface area contributed by atoms with Gasteiger partial charge in [-0.05, 0) is 25.1 Å². The highest BCUT2D eigenvalue weighted by Crippen LogP contribution is 2.25. The lowest BCUT2D eigenvalue weighted by Gasteiger charge is -2.12. The summed E-state index contributed by atoms with van der Waals surface area (Å²) in [6.07, 6.45) is 0. The van der Waals surface area contributed by atoms with E-state index in [1.165, 1.54) is 17.7 Å². The highest BCUT2D eigenvalue weighted by molar-refractivity contribution is 9.10. The number of rotatable bonds is 4. The van der Waals surface area contributed by atoms with Crippen LogP contribution >= 0.6 is 31.9 Å². The largest absolute Gasteiger partial charge is 0.489 e. The molecular formula is C15H13Br2FO. The molecule has 0 aliphatic carbocycles. The molecule has 0 spiro atoms. The molecule has 0 aliphatic rings. The van der Waals surface area contributed by atoms with Gasteiger partial charge in [0.1, 0.15) is 18.2 Å². The quantitative estimate of drug-likeness (QED) is 0.640. The Balaban J connectivity index is 2.14. The van der Waals surface area contributed by atoms with E-state index in [-0.39, 0.29) is 5.82 Å². The van der Waals surface area contributed by atoms with Gasteiger partial charge in [0.15, 0.2) is 0 Å². The Labute approximate surface area is 129 Å². The maximum Gasteiger partial charge on any atom is 0.124 e. The fourth-order valence-corrected chi connectivity index (χ4v) is 2.65. The zero-order valence-electron chi connectivity index (χ0n) is 10.4. The monoisotopic (exact) mass is 386 g/mol. The molecule has 0 amide bonds. The van der Waals surface area contributed by atoms with Gasteiger partial charge < -0.3 is 4.74 Å². The van der Waals surface area contributed by atoms with Gasteiger partial charge in [0, 0.05) is 20.9 Å². The molecular weight excluding hydrogens is 375 g/mol. The number of ether oxygens (including phenoxy) is 1. The minimum Gasteiger partial charge on any atom is -0.489 e. The lowest BCUT2D eigenvalue weighted by Crippen LogP contribution is -1.99. The summed E-state index contributed by atoms with van der Waals surface area (Å²) in [4.78, 5) is 0. The highest BCUT2D eigenvalue weighted by atomic mass is 79.9. The zero-order valence-corrected chi connectivity index (χ0v) is 13.6. The molecule has 100 valence electrons. The summed E-state index contributed by atoms with van der Waals surface area (Å²) in [5.41, 5.74) is 3.23. The third kappa shape index (κ3) is 3.80. The molecule has 0 radical (unpaired) electrons. The lowest BCUT2D eigenvalue weighted by atomic mass is 10.1. The van der Waals surface area contributed by atoms with Gasteiger partial charge in [-0.15, -0.1) is 0 Å². The number of hydrogen-bond acceptors (Lipinski definition) is 1. The van der Waals surface area contributed by atoms with E-state index >= 15 is 0 Å². The van der Waals surface area contributed by atoms with Crippen molar-refractivity contribution in [3.8, 4) is 5.75 Å². The lowest BCUT2D eigenvalue weighted by molar-refractivity contribution is 0.303. The topological polar surface area (TPSA) is 9.23 Å². The van der Waals surface area contributed by atoms with Gasteiger partial charge in [0.05, 0.1) is 0 Å². The van der Waals surface area contributed by atoms with Gasteiger partial charge in [-0.25, -0.2) is 4.39 Å². The fraction of sp³-hybridized carbons (Fsp3) is 0.200. The Morgan fingerprint density at radius 2 is 1.89 bits per heavy atom. The molecule has 0 saturated heterocycles. The summed E-state index contributed by atoms with van der Waals surface area (Å²) in [6.45, 7) is 2.45. The molecule has 0 aliphatic heterocycles. The van der Waals surface area contributed by atoms with Crippen molar-refractivity contribution in [3.63, 3.8) is 0 Å². The highest BCUT2D eigenvalue weighted by Gasteiger charge is 2.06. The summed E-state index contributed by atoms with van der Waals surface area (Å²) >= 11 is 6.79. The van der Waals surface area contributed by atoms with Crippen molar-refractivity contribution >= 4 is 31.9 Å². The van der Waals surface area contributed by atoms with Crippen molar-refractivity contribution in [1.29, 1.82) is 0 Å². The van der Waals surface area contributed by atoms with E-state index in [0.717, 1.165) is 26.7 Å². The average molecular weight is 388 g/mol. The number of benzene rings is 2. The van der Waals surface area contributed by atoms with Crippen LogP contribution in [-0.2, 0) is 11.9 Å². The maximum absolute atomic E-state index is 13.0. The number of alkyl halides is 1. The number of hydrogen-bond donors (Lipinski definition) is 0. The van der Waals surface area contributed by atoms with Gasteiger partial charge in [-0.2, -0.15) is 0 Å². The normalized spacial score (nSPS) is 10.5. The van der Waals surface area contributed by atoms with Crippen LogP contribution in [0.1, 0.15) is 16.7 Å². The first-order chi connectivity index (χ1) is 9.10. The second kappa shape index (κ2) is 6.53. The molecule has 0 unspecified atom stereocenters. The first-order valence-electron chi connectivity index (χ1n) is 5.82. The SMILES string of the molecule is Cc1ccc(OCc2ccc(F)cc2Br)c(CBr)c1. The second-order valence-corrected chi connectivity index (χ2v) is 5.68. The van der Waals surface area contributed by atoms with E-state index in [1.807, 2.05) is 19.1 Å². The van der Waals surface area contributed by atoms with Crippen LogP contribution in [0.4, 0.5) is 4.39 Å². The minimum atomic E-state index is -0.257. The molecule has 2 aromatic rings. The molecule has 1 nitrogen and oxygen atoms in total. The van der Waals surface area contributed by atoms with Gasteiger partial charge in [0.25, 0.3) is 0 Å². The molecule has 0 saturated carbocycles. The van der Waals surface area contributed by atoms with E-state index in [9.17, 15) is 4.39 Å². The summed E-state index contributed by atoms with van der Waals surface area (Å²) in [5, 5.41) is 0.745. The van der Waals surface area contributed by atoms with Crippen molar-refractivity contribution in [2.24, 2.45) is 0 Å². The van der Waals surface area contributed by atoms with Gasteiger partial charge in [-0.1, -0.05) is 55.6 Å². The van der Waals surface area contributed by atoms with Gasteiger partial charge in [-0.3, -0.25) is 0 Å². The molecule has 0 atom stereocenters. The Hall–Kier alpha value is -0.870. The van der Waals surface area contributed by atoms with E-state index < -0.39 is 0 Å². The zero-order chi connectivity index (χ0) is 13.8. The summed E-state index contributed by atoms with van der Waals surface area (Å²) in [6, 6.07) is 10.7. The molecule has 0 aromatic heterocycles. The van der Waals surface area contributed by atoms with Crippen LogP contribution in [0.3, 0.4) is 0 Å². The Bertz CT molecular complexity index is 584. The fourth-order valence-electron chi connectivity index (χ4n) is 1.75. The molecule has 0 fully saturated rings. The van der Waals surface area contributed by atoms with E-state index in [2.05, 4.69) is 37.9 Å². The van der Waals surface area contributed by atoms with Crippen molar-refractivity contribution in [1.82, 2.24) is 0 Å². The Kier molecular flexibility index (Phi) is 4.99. The van der Waals surface area contributed by atoms with Crippen molar-refractivity contribution in [2.45, 2.75) is 18.9 Å². The van der Waals surface area contributed by atoms with Gasteiger partial charge >= 0.3 is 0 Å². The van der Waals surface area contributed by atoms with Crippen LogP contribution in [0.15, 0.2) is 40.9 Å². The van der Waals surface area contributed by atoms with E-state index in [4.69, 9.17) is 4.74 Å². The van der Waals surface area contributed by atoms with Crippen molar-refractivity contribution in [3.05, 3.63) is 63.4 Å². The van der Waals surface area contributed by atoms with E-state index in [1.54, 1.807) is 6.07 Å². The first-order valence-corrected chi connectivity index (χ1v) is 7.74. The predicted octanol–water partition coefficient (Wildman–Crippen LogP) is 5.37. The Morgan fingerprint density at radius 3 is 2.58 bits per heavy atom. The number of aryl methyl sites for hydroxylation is 1. The summed E-state index contributed by atoms with van der Waals surface area (Å²) in [7, 11) is 0. The molecule has 2 aromatic carbocycles. The van der Waals surface area contributed by atoms with Crippen LogP contribution in [-0.4, -0.2) is 0 Å². The third-order valence-corrected chi connectivity index (χ3v) is 4.10. The maximum atomic E-state index is 13.0. The van der Waals surface area contributed by atoms with Crippen LogP contribution in [0.2, 0.25) is 0 Å². The predicted molar refractivity (Wildman–Crippen MR) is 82.2 cm³/mol. The minimum absolute atomic E-state index is 0.257. The molecule has 19 heavy (non-hydrogen) atoms. The van der Waals surface area contributed by atoms with Crippen LogP contribution in [0.5, 0.6) is 5.75 Å². The summed E-state index contributed by atoms with van der Waals surface area (Å²) in [5.74, 6) is 0.589. The van der Waals surface area contributed by atoms with Crippen molar-refractivity contribution in [2.75, 3.05) is 0 Å².